The van der Waals surface area contributed by atoms with Gasteiger partial charge in [-0.25, -0.2) is 13.2 Å². The minimum Gasteiger partial charge on any atom is -0.482 e. The van der Waals surface area contributed by atoms with Crippen LogP contribution < -0.4 is 14.4 Å². The molecule has 2 heterocycles. The van der Waals surface area contributed by atoms with Gasteiger partial charge in [0.2, 0.25) is 0 Å². The fourth-order valence-corrected chi connectivity index (χ4v) is 4.85. The Morgan fingerprint density at radius 3 is 2.77 bits per heavy atom. The first kappa shape index (κ1) is 16.4. The number of rotatable bonds is 3. The number of hydrogen-bond acceptors (Lipinski definition) is 5. The van der Waals surface area contributed by atoms with E-state index in [0.717, 1.165) is 4.31 Å². The highest BCUT2D eigenvalue weighted by Gasteiger charge is 2.42. The lowest BCUT2D eigenvalue weighted by Crippen LogP contribution is -2.42. The van der Waals surface area contributed by atoms with E-state index < -0.39 is 22.0 Å². The van der Waals surface area contributed by atoms with Crippen LogP contribution in [0.4, 0.5) is 11.4 Å². The van der Waals surface area contributed by atoms with Crippen molar-refractivity contribution in [3.05, 3.63) is 48.0 Å². The fourth-order valence-electron chi connectivity index (χ4n) is 3.18. The fraction of sp³-hybridized carbons (Fsp3) is 0.176. The second-order valence-electron chi connectivity index (χ2n) is 5.98. The van der Waals surface area contributed by atoms with Crippen molar-refractivity contribution in [2.45, 2.75) is 17.4 Å². The molecule has 0 bridgehead atoms. The molecule has 2 N–H and O–H groups in total. The molecule has 2 aliphatic rings. The van der Waals surface area contributed by atoms with Gasteiger partial charge in [0, 0.05) is 6.42 Å². The summed E-state index contributed by atoms with van der Waals surface area (Å²) in [5, 5.41) is 12.1. The number of benzene rings is 2. The van der Waals surface area contributed by atoms with Crippen LogP contribution >= 0.6 is 0 Å². The van der Waals surface area contributed by atoms with Crippen molar-refractivity contribution in [3.8, 4) is 5.75 Å². The maximum atomic E-state index is 13.2. The third-order valence-corrected chi connectivity index (χ3v) is 6.17. The number of nitrogens with zero attached hydrogens (tertiary/aromatic N) is 1. The minimum absolute atomic E-state index is 0.0928. The first-order chi connectivity index (χ1) is 12.4. The molecule has 2 aromatic rings. The summed E-state index contributed by atoms with van der Waals surface area (Å²) in [4.78, 5) is 23.0. The normalized spacial score (nSPS) is 18.5. The van der Waals surface area contributed by atoms with Crippen molar-refractivity contribution < 1.29 is 27.9 Å². The highest BCUT2D eigenvalue weighted by Crippen LogP contribution is 2.38. The number of carboxylic acids is 1. The number of para-hydroxylation sites is 1. The molecule has 26 heavy (non-hydrogen) atoms. The Bertz CT molecular complexity index is 1030. The predicted molar refractivity (Wildman–Crippen MR) is 91.8 cm³/mol. The average molecular weight is 374 g/mol. The molecule has 1 amide bonds. The molecule has 0 saturated heterocycles. The first-order valence-corrected chi connectivity index (χ1v) is 9.24. The molecule has 0 spiro atoms. The van der Waals surface area contributed by atoms with Crippen LogP contribution in [0, 0.1) is 0 Å². The first-order valence-electron chi connectivity index (χ1n) is 7.80. The topological polar surface area (TPSA) is 113 Å². The molecule has 0 aromatic heterocycles. The van der Waals surface area contributed by atoms with Crippen molar-refractivity contribution in [2.75, 3.05) is 16.2 Å². The summed E-state index contributed by atoms with van der Waals surface area (Å²) in [6.45, 7) is -0.139. The van der Waals surface area contributed by atoms with Crippen LogP contribution in [0.1, 0.15) is 5.56 Å². The maximum absolute atomic E-state index is 13.2. The van der Waals surface area contributed by atoms with Crippen LogP contribution in [0.25, 0.3) is 0 Å². The number of nitrogens with one attached hydrogen (secondary N) is 1. The molecule has 134 valence electrons. The highest BCUT2D eigenvalue weighted by atomic mass is 32.2. The Morgan fingerprint density at radius 2 is 2.00 bits per heavy atom. The number of fused-ring (bicyclic) bond motifs is 2. The van der Waals surface area contributed by atoms with Crippen LogP contribution in [0.15, 0.2) is 47.4 Å². The van der Waals surface area contributed by atoms with Gasteiger partial charge in [-0.1, -0.05) is 18.2 Å². The van der Waals surface area contributed by atoms with Gasteiger partial charge in [0.05, 0.1) is 16.3 Å². The minimum atomic E-state index is -4.15. The van der Waals surface area contributed by atoms with Gasteiger partial charge in [-0.3, -0.25) is 9.10 Å². The van der Waals surface area contributed by atoms with E-state index in [-0.39, 0.29) is 29.5 Å². The van der Waals surface area contributed by atoms with E-state index in [4.69, 9.17) is 4.74 Å². The van der Waals surface area contributed by atoms with E-state index in [0.29, 0.717) is 17.0 Å². The number of amides is 1. The second-order valence-corrected chi connectivity index (χ2v) is 7.80. The Kier molecular flexibility index (Phi) is 3.62. The van der Waals surface area contributed by atoms with Crippen molar-refractivity contribution in [1.29, 1.82) is 0 Å². The van der Waals surface area contributed by atoms with Crippen molar-refractivity contribution >= 4 is 33.3 Å². The number of sulfonamides is 1. The zero-order valence-electron chi connectivity index (χ0n) is 13.4. The van der Waals surface area contributed by atoms with E-state index in [1.54, 1.807) is 24.3 Å². The number of carbonyl (C=O) groups is 2. The van der Waals surface area contributed by atoms with E-state index >= 15 is 0 Å². The number of carboxylic acid groups (broad SMARTS) is 1. The van der Waals surface area contributed by atoms with E-state index in [9.17, 15) is 23.1 Å². The number of hydrogen-bond donors (Lipinski definition) is 2. The summed E-state index contributed by atoms with van der Waals surface area (Å²) < 4.78 is 32.5. The summed E-state index contributed by atoms with van der Waals surface area (Å²) in [6, 6.07) is 9.53. The smallest absolute Gasteiger partial charge is 0.327 e. The standard InChI is InChI=1S/C17H14N2O6S/c20-16-9-25-15-6-5-11(8-12(15)18-16)26(23,24)19-13-4-2-1-3-10(13)7-14(19)17(21)22/h1-6,8,14H,7,9H2,(H,18,20)(H,21,22)/t14-/m1/s1. The third kappa shape index (κ3) is 2.48. The summed E-state index contributed by atoms with van der Waals surface area (Å²) in [5.74, 6) is -1.25. The molecule has 0 fully saturated rings. The van der Waals surface area contributed by atoms with Gasteiger partial charge >= 0.3 is 5.97 Å². The average Bonchev–Trinajstić information content (AvgIpc) is 3.01. The number of aliphatic carboxylic acids is 1. The molecule has 0 saturated carbocycles. The van der Waals surface area contributed by atoms with Crippen LogP contribution in [0.2, 0.25) is 0 Å². The molecule has 0 unspecified atom stereocenters. The summed E-state index contributed by atoms with van der Waals surface area (Å²) in [7, 11) is -4.15. The Morgan fingerprint density at radius 1 is 1.23 bits per heavy atom. The number of anilines is 2. The molecule has 8 nitrogen and oxygen atoms in total. The molecule has 0 radical (unpaired) electrons. The molecule has 0 aliphatic carbocycles. The van der Waals surface area contributed by atoms with Crippen LogP contribution in [-0.4, -0.2) is 38.0 Å². The highest BCUT2D eigenvalue weighted by molar-refractivity contribution is 7.93. The van der Waals surface area contributed by atoms with Gasteiger partial charge in [-0.2, -0.15) is 0 Å². The van der Waals surface area contributed by atoms with Crippen LogP contribution in [0.3, 0.4) is 0 Å². The second kappa shape index (κ2) is 5.73. The zero-order chi connectivity index (χ0) is 18.5. The van der Waals surface area contributed by atoms with E-state index in [1.165, 1.54) is 18.2 Å². The van der Waals surface area contributed by atoms with Gasteiger partial charge < -0.3 is 15.2 Å². The summed E-state index contributed by atoms with van der Waals surface area (Å²) in [6.07, 6.45) is 0.0928. The van der Waals surface area contributed by atoms with Crippen LogP contribution in [-0.2, 0) is 26.0 Å². The maximum Gasteiger partial charge on any atom is 0.327 e. The Hall–Kier alpha value is -3.07. The number of carbonyl (C=O) groups excluding carboxylic acids is 1. The quantitative estimate of drug-likeness (QED) is 0.835. The van der Waals surface area contributed by atoms with Crippen molar-refractivity contribution in [3.63, 3.8) is 0 Å². The summed E-state index contributed by atoms with van der Waals surface area (Å²) in [5.41, 5.74) is 1.23. The SMILES string of the molecule is O=C1COc2ccc(S(=O)(=O)N3c4ccccc4C[C@@H]3C(=O)O)cc2N1. The zero-order valence-corrected chi connectivity index (χ0v) is 14.2. The van der Waals surface area contributed by atoms with Gasteiger partial charge in [0.15, 0.2) is 6.61 Å². The lowest BCUT2D eigenvalue weighted by atomic mass is 10.1. The number of ether oxygens (including phenoxy) is 1. The van der Waals surface area contributed by atoms with E-state index in [2.05, 4.69) is 5.32 Å². The molecule has 9 heteroatoms. The lowest BCUT2D eigenvalue weighted by molar-refractivity contribution is -0.138. The largest absolute Gasteiger partial charge is 0.482 e. The van der Waals surface area contributed by atoms with Gasteiger partial charge in [-0.15, -0.1) is 0 Å². The molecular weight excluding hydrogens is 360 g/mol. The van der Waals surface area contributed by atoms with Crippen molar-refractivity contribution in [1.82, 2.24) is 0 Å². The van der Waals surface area contributed by atoms with Crippen molar-refractivity contribution in [2.24, 2.45) is 0 Å². The molecule has 2 aromatic carbocycles. The van der Waals surface area contributed by atoms with Gasteiger partial charge in [0.25, 0.3) is 15.9 Å². The lowest BCUT2D eigenvalue weighted by Gasteiger charge is -2.25. The van der Waals surface area contributed by atoms with E-state index in [1.807, 2.05) is 0 Å². The molecule has 4 rings (SSSR count). The molecule has 2 aliphatic heterocycles. The third-order valence-electron chi connectivity index (χ3n) is 4.35. The van der Waals surface area contributed by atoms with Gasteiger partial charge in [0.1, 0.15) is 11.8 Å². The monoisotopic (exact) mass is 374 g/mol. The van der Waals surface area contributed by atoms with Crippen LogP contribution in [0.5, 0.6) is 5.75 Å². The Labute approximate surface area is 149 Å². The predicted octanol–water partition coefficient (Wildman–Crippen LogP) is 1.22. The molecule has 1 atom stereocenters. The molecular formula is C17H14N2O6S. The van der Waals surface area contributed by atoms with Gasteiger partial charge in [-0.05, 0) is 29.8 Å². The Balaban J connectivity index is 1.82. The summed E-state index contributed by atoms with van der Waals surface area (Å²) >= 11 is 0.